The molecule has 0 spiro atoms. The van der Waals surface area contributed by atoms with Gasteiger partial charge in [0.15, 0.2) is 0 Å². The highest BCUT2D eigenvalue weighted by molar-refractivity contribution is 7.09. The van der Waals surface area contributed by atoms with E-state index in [4.69, 9.17) is 0 Å². The monoisotopic (exact) mass is 278 g/mol. The highest BCUT2D eigenvalue weighted by Gasteiger charge is 2.43. The maximum atomic E-state index is 12.7. The molecule has 3 atom stereocenters. The van der Waals surface area contributed by atoms with Crippen LogP contribution in [0.15, 0.2) is 17.5 Å². The van der Waals surface area contributed by atoms with Crippen molar-refractivity contribution in [2.45, 2.75) is 44.4 Å². The van der Waals surface area contributed by atoms with Crippen molar-refractivity contribution in [3.8, 4) is 0 Å². The zero-order chi connectivity index (χ0) is 13.2. The summed E-state index contributed by atoms with van der Waals surface area (Å²) in [5.41, 5.74) is 0. The zero-order valence-corrected chi connectivity index (χ0v) is 10.8. The van der Waals surface area contributed by atoms with Crippen LogP contribution in [-0.4, -0.2) is 17.4 Å². The molecule has 0 saturated heterocycles. The van der Waals surface area contributed by atoms with Crippen LogP contribution >= 0.6 is 11.3 Å². The van der Waals surface area contributed by atoms with Crippen LogP contribution in [0.25, 0.3) is 0 Å². The molecule has 0 bridgehead atoms. The Morgan fingerprint density at radius 2 is 2.17 bits per heavy atom. The Morgan fingerprint density at radius 3 is 2.78 bits per heavy atom. The van der Waals surface area contributed by atoms with E-state index in [0.717, 1.165) is 4.88 Å². The van der Waals surface area contributed by atoms with Crippen molar-refractivity contribution in [2.75, 3.05) is 0 Å². The van der Waals surface area contributed by atoms with Crippen LogP contribution in [0.2, 0.25) is 0 Å². The SMILES string of the molecule is OC(Cc1cccs1)C1CCCC(C(F)(F)F)C1. The summed E-state index contributed by atoms with van der Waals surface area (Å²) in [5.74, 6) is -1.44. The first-order valence-corrected chi connectivity index (χ1v) is 7.12. The second-order valence-corrected chi connectivity index (χ2v) is 6.05. The molecule has 0 radical (unpaired) electrons. The minimum atomic E-state index is -4.11. The summed E-state index contributed by atoms with van der Waals surface area (Å²) >= 11 is 1.54. The van der Waals surface area contributed by atoms with Gasteiger partial charge in [-0.3, -0.25) is 0 Å². The smallest absolute Gasteiger partial charge is 0.391 e. The Hall–Kier alpha value is -0.550. The van der Waals surface area contributed by atoms with E-state index in [0.29, 0.717) is 19.3 Å². The molecular weight excluding hydrogens is 261 g/mol. The number of alkyl halides is 3. The van der Waals surface area contributed by atoms with Crippen LogP contribution in [0.4, 0.5) is 13.2 Å². The Kier molecular flexibility index (Phi) is 4.33. The molecule has 0 aromatic carbocycles. The number of aliphatic hydroxyl groups excluding tert-OH is 1. The van der Waals surface area contributed by atoms with E-state index >= 15 is 0 Å². The van der Waals surface area contributed by atoms with Gasteiger partial charge in [0, 0.05) is 11.3 Å². The van der Waals surface area contributed by atoms with Crippen molar-refractivity contribution in [3.05, 3.63) is 22.4 Å². The van der Waals surface area contributed by atoms with E-state index in [1.165, 1.54) is 11.3 Å². The van der Waals surface area contributed by atoms with Crippen LogP contribution in [0.3, 0.4) is 0 Å². The van der Waals surface area contributed by atoms with E-state index < -0.39 is 18.2 Å². The van der Waals surface area contributed by atoms with Crippen molar-refractivity contribution >= 4 is 11.3 Å². The summed E-state index contributed by atoms with van der Waals surface area (Å²) in [6.07, 6.45) is -2.71. The van der Waals surface area contributed by atoms with Gasteiger partial charge < -0.3 is 5.11 Å². The fraction of sp³-hybridized carbons (Fsp3) is 0.692. The van der Waals surface area contributed by atoms with Gasteiger partial charge in [0.05, 0.1) is 12.0 Å². The Balaban J connectivity index is 1.92. The molecule has 1 heterocycles. The minimum Gasteiger partial charge on any atom is -0.392 e. The fourth-order valence-corrected chi connectivity index (χ4v) is 3.43. The molecule has 3 unspecified atom stereocenters. The van der Waals surface area contributed by atoms with Gasteiger partial charge >= 0.3 is 6.18 Å². The molecule has 1 aliphatic rings. The maximum absolute atomic E-state index is 12.7. The van der Waals surface area contributed by atoms with Gasteiger partial charge in [-0.05, 0) is 36.6 Å². The minimum absolute atomic E-state index is 0.0794. The first-order valence-electron chi connectivity index (χ1n) is 6.24. The number of aliphatic hydroxyl groups is 1. The lowest BCUT2D eigenvalue weighted by Gasteiger charge is -2.33. The summed E-state index contributed by atoms with van der Waals surface area (Å²) in [6.45, 7) is 0. The van der Waals surface area contributed by atoms with Gasteiger partial charge in [0.2, 0.25) is 0 Å². The lowest BCUT2D eigenvalue weighted by Crippen LogP contribution is -2.34. The first kappa shape index (κ1) is 13.9. The topological polar surface area (TPSA) is 20.2 Å². The fourth-order valence-electron chi connectivity index (χ4n) is 2.68. The molecular formula is C13H17F3OS. The molecule has 5 heteroatoms. The summed E-state index contributed by atoms with van der Waals surface area (Å²) in [5, 5.41) is 12.0. The Labute approximate surface area is 109 Å². The van der Waals surface area contributed by atoms with Crippen LogP contribution in [0, 0.1) is 11.8 Å². The van der Waals surface area contributed by atoms with Gasteiger partial charge in [-0.1, -0.05) is 12.5 Å². The van der Waals surface area contributed by atoms with Gasteiger partial charge in [0.1, 0.15) is 0 Å². The molecule has 1 aliphatic carbocycles. The van der Waals surface area contributed by atoms with Gasteiger partial charge in [0.25, 0.3) is 0 Å². The van der Waals surface area contributed by atoms with Crippen molar-refractivity contribution < 1.29 is 18.3 Å². The van der Waals surface area contributed by atoms with Gasteiger partial charge in [-0.2, -0.15) is 13.2 Å². The highest BCUT2D eigenvalue weighted by atomic mass is 32.1. The Morgan fingerprint density at radius 1 is 1.39 bits per heavy atom. The van der Waals surface area contributed by atoms with Crippen LogP contribution in [0.5, 0.6) is 0 Å². The summed E-state index contributed by atoms with van der Waals surface area (Å²) in [4.78, 5) is 1.04. The van der Waals surface area contributed by atoms with E-state index in [2.05, 4.69) is 0 Å². The largest absolute Gasteiger partial charge is 0.392 e. The average molecular weight is 278 g/mol. The quantitative estimate of drug-likeness (QED) is 0.885. The predicted octanol–water partition coefficient (Wildman–Crippen LogP) is 4.02. The van der Waals surface area contributed by atoms with Crippen LogP contribution in [-0.2, 0) is 6.42 Å². The third-order valence-corrected chi connectivity index (χ3v) is 4.61. The second-order valence-electron chi connectivity index (χ2n) is 5.02. The van der Waals surface area contributed by atoms with Crippen molar-refractivity contribution in [3.63, 3.8) is 0 Å². The molecule has 1 saturated carbocycles. The normalized spacial score (nSPS) is 27.1. The first-order chi connectivity index (χ1) is 8.47. The molecule has 0 aliphatic heterocycles. The van der Waals surface area contributed by atoms with Gasteiger partial charge in [-0.25, -0.2) is 0 Å². The third kappa shape index (κ3) is 3.48. The van der Waals surface area contributed by atoms with Gasteiger partial charge in [-0.15, -0.1) is 11.3 Å². The van der Waals surface area contributed by atoms with E-state index in [-0.39, 0.29) is 18.8 Å². The maximum Gasteiger partial charge on any atom is 0.391 e. The number of hydrogen-bond acceptors (Lipinski definition) is 2. The highest BCUT2D eigenvalue weighted by Crippen LogP contribution is 2.41. The Bertz CT molecular complexity index is 361. The molecule has 0 amide bonds. The number of rotatable bonds is 3. The average Bonchev–Trinajstić information content (AvgIpc) is 2.81. The van der Waals surface area contributed by atoms with E-state index in [1.54, 1.807) is 0 Å². The second kappa shape index (κ2) is 5.61. The van der Waals surface area contributed by atoms with Crippen LogP contribution < -0.4 is 0 Å². The lowest BCUT2D eigenvalue weighted by atomic mass is 9.77. The van der Waals surface area contributed by atoms with Crippen LogP contribution in [0.1, 0.15) is 30.6 Å². The molecule has 18 heavy (non-hydrogen) atoms. The number of halogens is 3. The predicted molar refractivity (Wildman–Crippen MR) is 65.5 cm³/mol. The summed E-state index contributed by atoms with van der Waals surface area (Å²) in [6, 6.07) is 3.81. The van der Waals surface area contributed by atoms with E-state index in [1.807, 2.05) is 17.5 Å². The zero-order valence-electron chi connectivity index (χ0n) is 9.99. The molecule has 1 aromatic rings. The van der Waals surface area contributed by atoms with Crippen molar-refractivity contribution in [1.82, 2.24) is 0 Å². The molecule has 1 nitrogen and oxygen atoms in total. The molecule has 102 valence electrons. The van der Waals surface area contributed by atoms with Crippen molar-refractivity contribution in [2.24, 2.45) is 11.8 Å². The molecule has 1 fully saturated rings. The third-order valence-electron chi connectivity index (χ3n) is 3.71. The molecule has 2 rings (SSSR count). The van der Waals surface area contributed by atoms with Crippen molar-refractivity contribution in [1.29, 1.82) is 0 Å². The molecule has 1 N–H and O–H groups in total. The summed E-state index contributed by atoms with van der Waals surface area (Å²) in [7, 11) is 0. The summed E-state index contributed by atoms with van der Waals surface area (Å²) < 4.78 is 38.0. The lowest BCUT2D eigenvalue weighted by molar-refractivity contribution is -0.188. The number of hydrogen-bond donors (Lipinski definition) is 1. The van der Waals surface area contributed by atoms with E-state index in [9.17, 15) is 18.3 Å². The molecule has 1 aromatic heterocycles. The standard InChI is InChI=1S/C13H17F3OS/c14-13(15,16)10-4-1-3-9(7-10)12(17)8-11-5-2-6-18-11/h2,5-6,9-10,12,17H,1,3-4,7-8H2. The number of thiophene rings is 1.